The number of ether oxygens (including phenoxy) is 1. The van der Waals surface area contributed by atoms with Crippen LogP contribution in [0.25, 0.3) is 0 Å². The lowest BCUT2D eigenvalue weighted by atomic mass is 10.3. The Morgan fingerprint density at radius 3 is 2.35 bits per heavy atom. The molecule has 0 aliphatic carbocycles. The highest BCUT2D eigenvalue weighted by Crippen LogP contribution is 2.23. The van der Waals surface area contributed by atoms with E-state index in [9.17, 15) is 13.2 Å². The largest absolute Gasteiger partial charge is 0.495 e. The first kappa shape index (κ1) is 17.0. The fourth-order valence-corrected chi connectivity index (χ4v) is 3.15. The topological polar surface area (TPSA) is 75.7 Å². The quantitative estimate of drug-likeness (QED) is 0.876. The molecule has 0 radical (unpaired) electrons. The van der Waals surface area contributed by atoms with Crippen molar-refractivity contribution in [2.75, 3.05) is 26.0 Å². The molecule has 23 heavy (non-hydrogen) atoms. The summed E-state index contributed by atoms with van der Waals surface area (Å²) < 4.78 is 30.9. The van der Waals surface area contributed by atoms with E-state index in [-0.39, 0.29) is 11.4 Å². The standard InChI is InChI=1S/C16H18N2O4S/c1-18(23(20,21)13-8-4-3-5-9-13)12-16(19)17-14-10-6-7-11-15(14)22-2/h3-11H,12H2,1-2H3,(H,17,19). The summed E-state index contributed by atoms with van der Waals surface area (Å²) in [5.41, 5.74) is 0.491. The summed E-state index contributed by atoms with van der Waals surface area (Å²) in [5, 5.41) is 2.65. The predicted molar refractivity (Wildman–Crippen MR) is 87.9 cm³/mol. The second-order valence-electron chi connectivity index (χ2n) is 4.82. The number of sulfonamides is 1. The van der Waals surface area contributed by atoms with Crippen LogP contribution in [0.3, 0.4) is 0 Å². The van der Waals surface area contributed by atoms with Gasteiger partial charge in [-0.2, -0.15) is 4.31 Å². The van der Waals surface area contributed by atoms with Crippen LogP contribution in [0.5, 0.6) is 5.75 Å². The van der Waals surface area contributed by atoms with Crippen LogP contribution >= 0.6 is 0 Å². The van der Waals surface area contributed by atoms with Crippen molar-refractivity contribution >= 4 is 21.6 Å². The minimum absolute atomic E-state index is 0.146. The van der Waals surface area contributed by atoms with Gasteiger partial charge in [0.05, 0.1) is 24.2 Å². The molecule has 7 heteroatoms. The monoisotopic (exact) mass is 334 g/mol. The number of carbonyl (C=O) groups excluding carboxylic acids is 1. The molecule has 0 aliphatic heterocycles. The molecule has 0 bridgehead atoms. The van der Waals surface area contributed by atoms with Gasteiger partial charge in [-0.15, -0.1) is 0 Å². The average Bonchev–Trinajstić information content (AvgIpc) is 2.56. The third-order valence-corrected chi connectivity index (χ3v) is 5.02. The minimum Gasteiger partial charge on any atom is -0.495 e. The number of hydrogen-bond acceptors (Lipinski definition) is 4. The molecule has 0 heterocycles. The molecule has 0 saturated heterocycles. The Kier molecular flexibility index (Phi) is 5.36. The van der Waals surface area contributed by atoms with Crippen molar-refractivity contribution in [1.82, 2.24) is 4.31 Å². The number of nitrogens with zero attached hydrogens (tertiary/aromatic N) is 1. The Balaban J connectivity index is 2.08. The van der Waals surface area contributed by atoms with Gasteiger partial charge in [0.25, 0.3) is 0 Å². The Bertz CT molecular complexity index is 776. The first-order valence-corrected chi connectivity index (χ1v) is 8.33. The molecule has 2 aromatic carbocycles. The van der Waals surface area contributed by atoms with Gasteiger partial charge in [0, 0.05) is 7.05 Å². The number of nitrogens with one attached hydrogen (secondary N) is 1. The highest BCUT2D eigenvalue weighted by atomic mass is 32.2. The molecular formula is C16H18N2O4S. The summed E-state index contributed by atoms with van der Waals surface area (Å²) in [5.74, 6) is 0.0610. The lowest BCUT2D eigenvalue weighted by molar-refractivity contribution is -0.116. The molecule has 1 N–H and O–H groups in total. The maximum absolute atomic E-state index is 12.4. The van der Waals surface area contributed by atoms with Crippen molar-refractivity contribution in [2.45, 2.75) is 4.90 Å². The molecule has 1 amide bonds. The minimum atomic E-state index is -3.70. The molecule has 0 fully saturated rings. The number of carbonyl (C=O) groups is 1. The van der Waals surface area contributed by atoms with Crippen LogP contribution in [0.1, 0.15) is 0 Å². The molecular weight excluding hydrogens is 316 g/mol. The van der Waals surface area contributed by atoms with Crippen molar-refractivity contribution in [3.05, 3.63) is 54.6 Å². The van der Waals surface area contributed by atoms with Crippen LogP contribution in [-0.2, 0) is 14.8 Å². The fraction of sp³-hybridized carbons (Fsp3) is 0.188. The third-order valence-electron chi connectivity index (χ3n) is 3.20. The van der Waals surface area contributed by atoms with E-state index in [1.807, 2.05) is 0 Å². The van der Waals surface area contributed by atoms with E-state index in [0.29, 0.717) is 11.4 Å². The van der Waals surface area contributed by atoms with Crippen molar-refractivity contribution in [1.29, 1.82) is 0 Å². The van der Waals surface area contributed by atoms with E-state index in [1.165, 1.54) is 26.3 Å². The normalized spacial score (nSPS) is 11.3. The zero-order chi connectivity index (χ0) is 16.9. The van der Waals surface area contributed by atoms with Crippen LogP contribution < -0.4 is 10.1 Å². The molecule has 2 aromatic rings. The Morgan fingerprint density at radius 2 is 1.70 bits per heavy atom. The van der Waals surface area contributed by atoms with Crippen LogP contribution in [0.15, 0.2) is 59.5 Å². The molecule has 0 saturated carbocycles. The fourth-order valence-electron chi connectivity index (χ4n) is 2.00. The van der Waals surface area contributed by atoms with Crippen LogP contribution in [0, 0.1) is 0 Å². The van der Waals surface area contributed by atoms with Crippen molar-refractivity contribution in [2.24, 2.45) is 0 Å². The number of anilines is 1. The summed E-state index contributed by atoms with van der Waals surface area (Å²) >= 11 is 0. The van der Waals surface area contributed by atoms with Crippen molar-refractivity contribution in [3.63, 3.8) is 0 Å². The van der Waals surface area contributed by atoms with Crippen molar-refractivity contribution < 1.29 is 17.9 Å². The van der Waals surface area contributed by atoms with Gasteiger partial charge in [-0.3, -0.25) is 4.79 Å². The van der Waals surface area contributed by atoms with Gasteiger partial charge < -0.3 is 10.1 Å². The predicted octanol–water partition coefficient (Wildman–Crippen LogP) is 1.95. The second-order valence-corrected chi connectivity index (χ2v) is 6.87. The summed E-state index contributed by atoms with van der Waals surface area (Å²) in [6.07, 6.45) is 0. The number of rotatable bonds is 6. The van der Waals surface area contributed by atoms with E-state index < -0.39 is 15.9 Å². The van der Waals surface area contributed by atoms with Crippen LogP contribution in [0.4, 0.5) is 5.69 Å². The summed E-state index contributed by atoms with van der Waals surface area (Å²) in [6, 6.07) is 14.9. The average molecular weight is 334 g/mol. The van der Waals surface area contributed by atoms with Gasteiger partial charge in [0.2, 0.25) is 15.9 Å². The van der Waals surface area contributed by atoms with E-state index in [2.05, 4.69) is 5.32 Å². The van der Waals surface area contributed by atoms with E-state index in [1.54, 1.807) is 42.5 Å². The highest BCUT2D eigenvalue weighted by molar-refractivity contribution is 7.89. The van der Waals surface area contributed by atoms with Gasteiger partial charge in [-0.05, 0) is 24.3 Å². The summed E-state index contributed by atoms with van der Waals surface area (Å²) in [4.78, 5) is 12.2. The third kappa shape index (κ3) is 4.08. The number of hydrogen-bond donors (Lipinski definition) is 1. The number of likely N-dealkylation sites (N-methyl/N-ethyl adjacent to an activating group) is 1. The maximum Gasteiger partial charge on any atom is 0.243 e. The number of benzene rings is 2. The van der Waals surface area contributed by atoms with E-state index in [4.69, 9.17) is 4.74 Å². The number of methoxy groups -OCH3 is 1. The van der Waals surface area contributed by atoms with Crippen LogP contribution in [-0.4, -0.2) is 39.3 Å². The lowest BCUT2D eigenvalue weighted by Gasteiger charge is -2.17. The first-order chi connectivity index (χ1) is 10.9. The molecule has 122 valence electrons. The van der Waals surface area contributed by atoms with E-state index >= 15 is 0 Å². The van der Waals surface area contributed by atoms with Gasteiger partial charge >= 0.3 is 0 Å². The van der Waals surface area contributed by atoms with Gasteiger partial charge in [0.1, 0.15) is 5.75 Å². The van der Waals surface area contributed by atoms with Gasteiger partial charge in [-0.1, -0.05) is 30.3 Å². The Labute approximate surface area is 135 Å². The Hall–Kier alpha value is -2.38. The molecule has 0 spiro atoms. The van der Waals surface area contributed by atoms with Gasteiger partial charge in [0.15, 0.2) is 0 Å². The summed E-state index contributed by atoms with van der Waals surface area (Å²) in [6.45, 7) is -0.296. The molecule has 6 nitrogen and oxygen atoms in total. The SMILES string of the molecule is COc1ccccc1NC(=O)CN(C)S(=O)(=O)c1ccccc1. The Morgan fingerprint density at radius 1 is 1.09 bits per heavy atom. The van der Waals surface area contributed by atoms with Crippen molar-refractivity contribution in [3.8, 4) is 5.75 Å². The smallest absolute Gasteiger partial charge is 0.243 e. The first-order valence-electron chi connectivity index (χ1n) is 6.89. The second kappa shape index (κ2) is 7.26. The molecule has 0 aliphatic rings. The highest BCUT2D eigenvalue weighted by Gasteiger charge is 2.22. The van der Waals surface area contributed by atoms with Gasteiger partial charge in [-0.25, -0.2) is 8.42 Å². The summed E-state index contributed by atoms with van der Waals surface area (Å²) in [7, 11) is -0.839. The zero-order valence-corrected chi connectivity index (χ0v) is 13.7. The molecule has 2 rings (SSSR count). The number of para-hydroxylation sites is 2. The molecule has 0 aromatic heterocycles. The number of amides is 1. The lowest BCUT2D eigenvalue weighted by Crippen LogP contribution is -2.35. The zero-order valence-electron chi connectivity index (χ0n) is 12.9. The van der Waals surface area contributed by atoms with E-state index in [0.717, 1.165) is 4.31 Å². The van der Waals surface area contributed by atoms with Crippen LogP contribution in [0.2, 0.25) is 0 Å². The maximum atomic E-state index is 12.4. The molecule has 0 unspecified atom stereocenters. The molecule has 0 atom stereocenters.